The molecule has 6 rings (SSSR count). The number of likely N-dealkylation sites (tertiary alicyclic amines) is 1. The van der Waals surface area contributed by atoms with Crippen molar-refractivity contribution in [3.05, 3.63) is 48.6 Å². The van der Waals surface area contributed by atoms with E-state index in [1.165, 1.54) is 4.90 Å². The number of aromatic nitrogens is 3. The zero-order valence-electron chi connectivity index (χ0n) is 24.2. The molecule has 3 amide bonds. The van der Waals surface area contributed by atoms with Crippen LogP contribution in [0, 0.1) is 11.8 Å². The molecule has 0 unspecified atom stereocenters. The molecule has 7 atom stereocenters. The van der Waals surface area contributed by atoms with Crippen molar-refractivity contribution in [3.8, 4) is 0 Å². The number of ether oxygens (including phenoxy) is 2. The summed E-state index contributed by atoms with van der Waals surface area (Å²) in [5.41, 5.74) is -0.0422. The van der Waals surface area contributed by atoms with Gasteiger partial charge in [-0.15, -0.1) is 5.10 Å². The number of carbonyl (C=O) groups excluding carboxylic acids is 4. The Labute approximate surface area is 248 Å². The molecule has 5 heterocycles. The van der Waals surface area contributed by atoms with Gasteiger partial charge in [0.1, 0.15) is 35.9 Å². The van der Waals surface area contributed by atoms with E-state index in [0.717, 1.165) is 5.52 Å². The summed E-state index contributed by atoms with van der Waals surface area (Å²) in [5, 5.41) is 21.5. The van der Waals surface area contributed by atoms with Crippen LogP contribution in [0.4, 0.5) is 0 Å². The Morgan fingerprint density at radius 3 is 2.77 bits per heavy atom. The minimum atomic E-state index is -1.48. The van der Waals surface area contributed by atoms with Crippen LogP contribution in [0.2, 0.25) is 0 Å². The van der Waals surface area contributed by atoms with Crippen LogP contribution in [0.15, 0.2) is 48.6 Å². The number of amides is 3. The fraction of sp³-hybridized carbons (Fsp3) is 0.533. The molecule has 1 aromatic carbocycles. The second-order valence-electron chi connectivity index (χ2n) is 11.5. The molecule has 4 aliphatic heterocycles. The zero-order valence-corrected chi connectivity index (χ0v) is 24.2. The summed E-state index contributed by atoms with van der Waals surface area (Å²) in [4.78, 5) is 57.8. The fourth-order valence-electron chi connectivity index (χ4n) is 6.77. The number of aliphatic hydroxyl groups is 1. The summed E-state index contributed by atoms with van der Waals surface area (Å²) in [6, 6.07) is 5.61. The van der Waals surface area contributed by atoms with E-state index in [0.29, 0.717) is 18.4 Å². The van der Waals surface area contributed by atoms with Crippen LogP contribution in [-0.2, 0) is 35.3 Å². The SMILES string of the molecule is CC[C@@H](CO)N1C(=O)[C@@H]2[C@H]3C(=O)O[C@H](C)CNC(=O)CC/C=C\[C@H]3O[C@@]23C=CCN(Cn2nnc4ccccc42)C(=O)[C@@H]13. The number of fused-ring (bicyclic) bond motifs is 3. The Hall–Kier alpha value is -4.10. The normalized spacial score (nSPS) is 32.7. The fourth-order valence-corrected chi connectivity index (χ4v) is 6.77. The Morgan fingerprint density at radius 2 is 1.98 bits per heavy atom. The first-order chi connectivity index (χ1) is 20.8. The van der Waals surface area contributed by atoms with Crippen molar-refractivity contribution in [2.24, 2.45) is 11.8 Å². The van der Waals surface area contributed by atoms with Crippen LogP contribution in [0.3, 0.4) is 0 Å². The first-order valence-electron chi connectivity index (χ1n) is 14.8. The molecule has 0 radical (unpaired) electrons. The maximum atomic E-state index is 14.5. The van der Waals surface area contributed by atoms with E-state index in [2.05, 4.69) is 15.6 Å². The number of aliphatic hydroxyl groups excluding tert-OH is 1. The molecule has 13 heteroatoms. The monoisotopic (exact) mass is 592 g/mol. The number of para-hydroxylation sites is 1. The van der Waals surface area contributed by atoms with Gasteiger partial charge in [0, 0.05) is 13.0 Å². The number of hydrogen-bond acceptors (Lipinski definition) is 9. The Balaban J connectivity index is 1.41. The summed E-state index contributed by atoms with van der Waals surface area (Å²) in [6.07, 6.45) is 6.53. The highest BCUT2D eigenvalue weighted by Gasteiger charge is 2.72. The van der Waals surface area contributed by atoms with E-state index in [1.807, 2.05) is 31.2 Å². The van der Waals surface area contributed by atoms with E-state index in [1.54, 1.807) is 40.8 Å². The lowest BCUT2D eigenvalue weighted by Gasteiger charge is -2.38. The number of carbonyl (C=O) groups is 4. The smallest absolute Gasteiger partial charge is 0.313 e. The van der Waals surface area contributed by atoms with E-state index < -0.39 is 53.6 Å². The molecule has 2 aromatic rings. The van der Waals surface area contributed by atoms with Crippen LogP contribution in [0.5, 0.6) is 0 Å². The Kier molecular flexibility index (Phi) is 7.77. The Morgan fingerprint density at radius 1 is 1.16 bits per heavy atom. The predicted molar refractivity (Wildman–Crippen MR) is 152 cm³/mol. The van der Waals surface area contributed by atoms with Crippen molar-refractivity contribution in [1.82, 2.24) is 30.1 Å². The van der Waals surface area contributed by atoms with E-state index in [-0.39, 0.29) is 44.6 Å². The number of esters is 1. The molecular weight excluding hydrogens is 556 g/mol. The molecule has 1 spiro atoms. The van der Waals surface area contributed by atoms with Crippen molar-refractivity contribution in [2.45, 2.75) is 69.7 Å². The summed E-state index contributed by atoms with van der Waals surface area (Å²) in [5.74, 6) is -3.72. The largest absolute Gasteiger partial charge is 0.460 e. The average molecular weight is 593 g/mol. The number of allylic oxidation sites excluding steroid dienone is 1. The van der Waals surface area contributed by atoms with Crippen LogP contribution >= 0.6 is 0 Å². The molecular formula is C30H36N6O7. The molecule has 2 saturated heterocycles. The van der Waals surface area contributed by atoms with Crippen LogP contribution < -0.4 is 5.32 Å². The van der Waals surface area contributed by atoms with E-state index in [4.69, 9.17) is 9.47 Å². The number of cyclic esters (lactones) is 1. The molecule has 4 aliphatic rings. The quantitative estimate of drug-likeness (QED) is 0.374. The van der Waals surface area contributed by atoms with Crippen molar-refractivity contribution < 1.29 is 33.8 Å². The minimum absolute atomic E-state index is 0.0756. The highest BCUT2D eigenvalue weighted by molar-refractivity contribution is 5.99. The lowest BCUT2D eigenvalue weighted by Crippen LogP contribution is -2.58. The molecule has 0 bridgehead atoms. The van der Waals surface area contributed by atoms with Gasteiger partial charge >= 0.3 is 5.97 Å². The molecule has 13 nitrogen and oxygen atoms in total. The van der Waals surface area contributed by atoms with Crippen LogP contribution in [0.1, 0.15) is 33.1 Å². The topological polar surface area (TPSA) is 156 Å². The molecule has 228 valence electrons. The first kappa shape index (κ1) is 29.0. The molecule has 2 fully saturated rings. The van der Waals surface area contributed by atoms with Gasteiger partial charge in [-0.05, 0) is 31.9 Å². The third-order valence-corrected chi connectivity index (χ3v) is 8.86. The summed E-state index contributed by atoms with van der Waals surface area (Å²) >= 11 is 0. The van der Waals surface area contributed by atoms with Crippen LogP contribution in [-0.4, -0.2) is 103 Å². The van der Waals surface area contributed by atoms with Gasteiger partial charge in [-0.3, -0.25) is 19.2 Å². The van der Waals surface area contributed by atoms with Crippen LogP contribution in [0.25, 0.3) is 11.0 Å². The molecule has 43 heavy (non-hydrogen) atoms. The average Bonchev–Trinajstić information content (AvgIpc) is 3.59. The maximum Gasteiger partial charge on any atom is 0.313 e. The first-order valence-corrected chi connectivity index (χ1v) is 14.8. The van der Waals surface area contributed by atoms with Gasteiger partial charge in [-0.2, -0.15) is 0 Å². The molecule has 0 aliphatic carbocycles. The lowest BCUT2D eigenvalue weighted by atomic mass is 9.78. The third-order valence-electron chi connectivity index (χ3n) is 8.86. The van der Waals surface area contributed by atoms with Gasteiger partial charge in [0.15, 0.2) is 0 Å². The zero-order chi connectivity index (χ0) is 30.3. The van der Waals surface area contributed by atoms with Gasteiger partial charge < -0.3 is 29.7 Å². The van der Waals surface area contributed by atoms with E-state index in [9.17, 15) is 24.3 Å². The van der Waals surface area contributed by atoms with Crippen molar-refractivity contribution in [1.29, 1.82) is 0 Å². The highest BCUT2D eigenvalue weighted by atomic mass is 16.6. The standard InChI is InChI=1S/C30H36N6O7/c1-3-19(16-37)36-26-28(40)34(17-35-21-10-5-4-9-20(21)32-33-35)14-8-13-30(26)25(27(36)39)24-22(43-30)11-6-7-12-23(38)31-15-18(2)42-29(24)41/h4-6,8-11,13,18-19,22,24-26,37H,3,7,12,14-17H2,1-2H3,(H,31,38)/b11-6-/t18-,19+,22-,24+,25+,26-,30+/m1/s1. The van der Waals surface area contributed by atoms with Gasteiger partial charge in [0.2, 0.25) is 11.8 Å². The van der Waals surface area contributed by atoms with Gasteiger partial charge in [0.25, 0.3) is 5.91 Å². The number of hydrogen-bond donors (Lipinski definition) is 2. The van der Waals surface area contributed by atoms with Gasteiger partial charge in [-0.25, -0.2) is 4.68 Å². The summed E-state index contributed by atoms with van der Waals surface area (Å²) < 4.78 is 14.0. The predicted octanol–water partition coefficient (Wildman–Crippen LogP) is 0.537. The van der Waals surface area contributed by atoms with Gasteiger partial charge in [-0.1, -0.05) is 48.6 Å². The van der Waals surface area contributed by atoms with Crippen molar-refractivity contribution in [3.63, 3.8) is 0 Å². The maximum absolute atomic E-state index is 14.5. The second-order valence-corrected chi connectivity index (χ2v) is 11.5. The highest BCUT2D eigenvalue weighted by Crippen LogP contribution is 2.53. The Bertz CT molecular complexity index is 1480. The van der Waals surface area contributed by atoms with Crippen molar-refractivity contribution in [2.75, 3.05) is 19.7 Å². The number of rotatable bonds is 5. The second kappa shape index (κ2) is 11.5. The summed E-state index contributed by atoms with van der Waals surface area (Å²) in [6.45, 7) is 3.56. The molecule has 2 N–H and O–H groups in total. The molecule has 0 saturated carbocycles. The van der Waals surface area contributed by atoms with Crippen molar-refractivity contribution >= 4 is 34.7 Å². The number of nitrogens with one attached hydrogen (secondary N) is 1. The third kappa shape index (κ3) is 4.89. The van der Waals surface area contributed by atoms with Gasteiger partial charge in [0.05, 0.1) is 36.7 Å². The van der Waals surface area contributed by atoms with E-state index >= 15 is 0 Å². The number of nitrogens with zero attached hydrogens (tertiary/aromatic N) is 5. The lowest BCUT2D eigenvalue weighted by molar-refractivity contribution is -0.160. The summed E-state index contributed by atoms with van der Waals surface area (Å²) in [7, 11) is 0. The number of benzene rings is 1. The molecule has 1 aromatic heterocycles. The minimum Gasteiger partial charge on any atom is -0.460 e.